The summed E-state index contributed by atoms with van der Waals surface area (Å²) in [6.07, 6.45) is 1.01. The number of hydrogen-bond acceptors (Lipinski definition) is 2. The number of amides is 1. The fourth-order valence-electron chi connectivity index (χ4n) is 2.80. The number of carbonyl (C=O) groups is 1. The van der Waals surface area contributed by atoms with Gasteiger partial charge in [-0.2, -0.15) is 0 Å². The first-order chi connectivity index (χ1) is 10.7. The van der Waals surface area contributed by atoms with Crippen molar-refractivity contribution in [2.75, 3.05) is 13.1 Å². The largest absolute Gasteiger partial charge is 0.351 e. The first kappa shape index (κ1) is 15.1. The van der Waals surface area contributed by atoms with E-state index in [0.29, 0.717) is 18.1 Å². The van der Waals surface area contributed by atoms with Crippen LogP contribution in [0.3, 0.4) is 0 Å². The van der Waals surface area contributed by atoms with Gasteiger partial charge in [-0.25, -0.2) is 0 Å². The van der Waals surface area contributed by atoms with E-state index in [9.17, 15) is 4.79 Å². The average Bonchev–Trinajstić information content (AvgIpc) is 2.53. The minimum atomic E-state index is 0.0550. The van der Waals surface area contributed by atoms with Gasteiger partial charge in [0.15, 0.2) is 0 Å². The van der Waals surface area contributed by atoms with Crippen LogP contribution in [-0.4, -0.2) is 23.9 Å². The maximum atomic E-state index is 12.1. The second-order valence-corrected chi connectivity index (χ2v) is 6.07. The molecule has 2 aromatic carbocycles. The summed E-state index contributed by atoms with van der Waals surface area (Å²) in [6, 6.07) is 16.0. The van der Waals surface area contributed by atoms with Crippen molar-refractivity contribution in [2.24, 2.45) is 0 Å². The van der Waals surface area contributed by atoms with Gasteiger partial charge in [0, 0.05) is 24.7 Å². The quantitative estimate of drug-likeness (QED) is 0.941. The molecule has 0 aromatic heterocycles. The van der Waals surface area contributed by atoms with Gasteiger partial charge >= 0.3 is 0 Å². The monoisotopic (exact) mass is 314 g/mol. The van der Waals surface area contributed by atoms with Crippen LogP contribution in [-0.2, 0) is 24.3 Å². The molecule has 0 saturated heterocycles. The topological polar surface area (TPSA) is 32.3 Å². The van der Waals surface area contributed by atoms with Crippen molar-refractivity contribution in [1.82, 2.24) is 10.2 Å². The summed E-state index contributed by atoms with van der Waals surface area (Å²) in [5.41, 5.74) is 3.75. The van der Waals surface area contributed by atoms with Gasteiger partial charge in [0.25, 0.3) is 0 Å². The molecule has 2 aromatic rings. The maximum absolute atomic E-state index is 12.1. The van der Waals surface area contributed by atoms with Crippen molar-refractivity contribution in [3.05, 3.63) is 70.2 Å². The second-order valence-electron chi connectivity index (χ2n) is 5.64. The highest BCUT2D eigenvalue weighted by Crippen LogP contribution is 2.18. The third-order valence-corrected chi connectivity index (χ3v) is 4.19. The van der Waals surface area contributed by atoms with Crippen LogP contribution in [0.5, 0.6) is 0 Å². The molecule has 4 heteroatoms. The number of carbonyl (C=O) groups excluding carboxylic acids is 1. The van der Waals surface area contributed by atoms with Crippen LogP contribution in [0.4, 0.5) is 0 Å². The molecule has 0 atom stereocenters. The molecule has 1 amide bonds. The molecular weight excluding hydrogens is 296 g/mol. The van der Waals surface area contributed by atoms with Gasteiger partial charge in [0.2, 0.25) is 5.91 Å². The minimum absolute atomic E-state index is 0.0550. The van der Waals surface area contributed by atoms with E-state index in [1.165, 1.54) is 11.1 Å². The Bertz CT molecular complexity index is 672. The zero-order chi connectivity index (χ0) is 15.4. The highest BCUT2D eigenvalue weighted by atomic mass is 35.5. The van der Waals surface area contributed by atoms with E-state index in [4.69, 9.17) is 11.6 Å². The van der Waals surface area contributed by atoms with E-state index in [1.807, 2.05) is 24.3 Å². The van der Waals surface area contributed by atoms with E-state index in [1.54, 1.807) is 0 Å². The summed E-state index contributed by atoms with van der Waals surface area (Å²) in [6.45, 7) is 2.74. The van der Waals surface area contributed by atoms with Crippen LogP contribution in [0, 0.1) is 0 Å². The minimum Gasteiger partial charge on any atom is -0.351 e. The summed E-state index contributed by atoms with van der Waals surface area (Å²) in [5.74, 6) is 0.0550. The molecule has 3 rings (SSSR count). The van der Waals surface area contributed by atoms with Crippen LogP contribution in [0.15, 0.2) is 48.5 Å². The molecule has 0 saturated carbocycles. The smallest absolute Gasteiger partial charge is 0.234 e. The molecule has 0 radical (unpaired) electrons. The van der Waals surface area contributed by atoms with Crippen molar-refractivity contribution >= 4 is 17.5 Å². The number of rotatable bonds is 4. The standard InChI is InChI=1S/C18H19ClN2O/c19-17-7-3-4-14(10-17)11-20-18(22)13-21-9-8-15-5-1-2-6-16(15)12-21/h1-7,10H,8-9,11-13H2,(H,20,22). The fraction of sp³-hybridized carbons (Fsp3) is 0.278. The van der Waals surface area contributed by atoms with E-state index >= 15 is 0 Å². The molecule has 22 heavy (non-hydrogen) atoms. The lowest BCUT2D eigenvalue weighted by Crippen LogP contribution is -2.39. The van der Waals surface area contributed by atoms with E-state index < -0.39 is 0 Å². The number of fused-ring (bicyclic) bond motifs is 1. The Morgan fingerprint density at radius 2 is 1.95 bits per heavy atom. The molecule has 1 aliphatic rings. The second kappa shape index (κ2) is 6.95. The first-order valence-electron chi connectivity index (χ1n) is 7.51. The average molecular weight is 315 g/mol. The Hall–Kier alpha value is -1.84. The van der Waals surface area contributed by atoms with Crippen molar-refractivity contribution in [3.8, 4) is 0 Å². The normalized spacial score (nSPS) is 14.4. The molecule has 0 fully saturated rings. The molecule has 114 valence electrons. The van der Waals surface area contributed by atoms with Gasteiger partial charge < -0.3 is 5.32 Å². The molecule has 1 aliphatic heterocycles. The van der Waals surface area contributed by atoms with Crippen molar-refractivity contribution in [1.29, 1.82) is 0 Å². The van der Waals surface area contributed by atoms with Gasteiger partial charge in [0.1, 0.15) is 0 Å². The molecule has 0 unspecified atom stereocenters. The lowest BCUT2D eigenvalue weighted by molar-refractivity contribution is -0.122. The molecule has 1 N–H and O–H groups in total. The highest BCUT2D eigenvalue weighted by Gasteiger charge is 2.17. The zero-order valence-corrected chi connectivity index (χ0v) is 13.1. The number of halogens is 1. The molecule has 0 spiro atoms. The maximum Gasteiger partial charge on any atom is 0.234 e. The summed E-state index contributed by atoms with van der Waals surface area (Å²) < 4.78 is 0. The zero-order valence-electron chi connectivity index (χ0n) is 12.4. The van der Waals surface area contributed by atoms with Crippen molar-refractivity contribution in [3.63, 3.8) is 0 Å². The lowest BCUT2D eigenvalue weighted by Gasteiger charge is -2.28. The van der Waals surface area contributed by atoms with Gasteiger partial charge in [0.05, 0.1) is 6.54 Å². The Morgan fingerprint density at radius 1 is 1.14 bits per heavy atom. The Morgan fingerprint density at radius 3 is 2.77 bits per heavy atom. The Labute approximate surface area is 135 Å². The predicted molar refractivity (Wildman–Crippen MR) is 88.7 cm³/mol. The summed E-state index contributed by atoms with van der Waals surface area (Å²) >= 11 is 5.94. The highest BCUT2D eigenvalue weighted by molar-refractivity contribution is 6.30. The van der Waals surface area contributed by atoms with Crippen molar-refractivity contribution < 1.29 is 4.79 Å². The first-order valence-corrected chi connectivity index (χ1v) is 7.89. The molecule has 0 aliphatic carbocycles. The van der Waals surface area contributed by atoms with E-state index in [0.717, 1.165) is 25.1 Å². The van der Waals surface area contributed by atoms with Gasteiger partial charge in [-0.05, 0) is 35.2 Å². The fourth-order valence-corrected chi connectivity index (χ4v) is 3.01. The summed E-state index contributed by atoms with van der Waals surface area (Å²) in [7, 11) is 0. The van der Waals surface area contributed by atoms with Gasteiger partial charge in [-0.1, -0.05) is 48.0 Å². The number of nitrogens with one attached hydrogen (secondary N) is 1. The van der Waals surface area contributed by atoms with Crippen LogP contribution >= 0.6 is 11.6 Å². The molecule has 0 bridgehead atoms. The molecule has 3 nitrogen and oxygen atoms in total. The lowest BCUT2D eigenvalue weighted by atomic mass is 10.00. The van der Waals surface area contributed by atoms with Crippen molar-refractivity contribution in [2.45, 2.75) is 19.5 Å². The number of benzene rings is 2. The van der Waals surface area contributed by atoms with Gasteiger partial charge in [-0.3, -0.25) is 9.69 Å². The van der Waals surface area contributed by atoms with Crippen LogP contribution in [0.1, 0.15) is 16.7 Å². The Kier molecular flexibility index (Phi) is 4.76. The Balaban J connectivity index is 1.50. The summed E-state index contributed by atoms with van der Waals surface area (Å²) in [4.78, 5) is 14.3. The number of nitrogens with zero attached hydrogens (tertiary/aromatic N) is 1. The van der Waals surface area contributed by atoms with Crippen LogP contribution in [0.25, 0.3) is 0 Å². The molecule has 1 heterocycles. The van der Waals surface area contributed by atoms with Crippen LogP contribution in [0.2, 0.25) is 5.02 Å². The summed E-state index contributed by atoms with van der Waals surface area (Å²) in [5, 5.41) is 3.65. The third-order valence-electron chi connectivity index (χ3n) is 3.96. The predicted octanol–water partition coefficient (Wildman–Crippen LogP) is 3.01. The molecular formula is C18H19ClN2O. The third kappa shape index (κ3) is 3.87. The van der Waals surface area contributed by atoms with E-state index in [-0.39, 0.29) is 5.91 Å². The SMILES string of the molecule is O=C(CN1CCc2ccccc2C1)NCc1cccc(Cl)c1. The number of hydrogen-bond donors (Lipinski definition) is 1. The van der Waals surface area contributed by atoms with Gasteiger partial charge in [-0.15, -0.1) is 0 Å². The van der Waals surface area contributed by atoms with E-state index in [2.05, 4.69) is 34.5 Å². The van der Waals surface area contributed by atoms with Crippen LogP contribution < -0.4 is 5.32 Å².